The molecular weight excluding hydrogens is 390 g/mol. The Balaban J connectivity index is 2.06. The van der Waals surface area contributed by atoms with Crippen molar-refractivity contribution in [2.75, 3.05) is 19.1 Å². The van der Waals surface area contributed by atoms with Gasteiger partial charge in [-0.1, -0.05) is 11.6 Å². The van der Waals surface area contributed by atoms with E-state index in [1.807, 2.05) is 45.2 Å². The van der Waals surface area contributed by atoms with Crippen LogP contribution in [0.1, 0.15) is 30.7 Å². The van der Waals surface area contributed by atoms with E-state index in [0.717, 1.165) is 45.9 Å². The van der Waals surface area contributed by atoms with E-state index in [-0.39, 0.29) is 6.04 Å². The lowest BCUT2D eigenvalue weighted by atomic mass is 9.95. The highest BCUT2D eigenvalue weighted by Crippen LogP contribution is 2.39. The summed E-state index contributed by atoms with van der Waals surface area (Å²) in [5.41, 5.74) is 7.61. The first-order valence-electron chi connectivity index (χ1n) is 9.23. The number of hydrogen-bond donors (Lipinski definition) is 1. The van der Waals surface area contributed by atoms with Crippen LogP contribution in [0.25, 0.3) is 11.6 Å². The highest BCUT2D eigenvalue weighted by atomic mass is 35.5. The number of ether oxygens (including phenoxy) is 1. The monoisotopic (exact) mass is 413 g/mol. The number of halogens is 1. The van der Waals surface area contributed by atoms with Crippen molar-refractivity contribution in [1.82, 2.24) is 10.5 Å². The van der Waals surface area contributed by atoms with E-state index < -0.39 is 0 Å². The SMILES string of the molecule is COc1cc(N(C)Cc2ccc(Cl)cn2)c(/C=C\C=O)cc1C1=C(C)ONC1C. The first-order chi connectivity index (χ1) is 13.9. The molecule has 0 radical (unpaired) electrons. The Bertz CT molecular complexity index is 955. The van der Waals surface area contributed by atoms with Gasteiger partial charge < -0.3 is 14.5 Å². The van der Waals surface area contributed by atoms with E-state index in [9.17, 15) is 4.79 Å². The van der Waals surface area contributed by atoms with Crippen molar-refractivity contribution in [3.8, 4) is 5.75 Å². The summed E-state index contributed by atoms with van der Waals surface area (Å²) in [4.78, 5) is 22.9. The Kier molecular flexibility index (Phi) is 6.56. The molecule has 152 valence electrons. The Morgan fingerprint density at radius 1 is 1.38 bits per heavy atom. The number of benzene rings is 1. The quantitative estimate of drug-likeness (QED) is 0.541. The third-order valence-electron chi connectivity index (χ3n) is 4.79. The minimum absolute atomic E-state index is 0.0219. The van der Waals surface area contributed by atoms with Gasteiger partial charge in [-0.2, -0.15) is 0 Å². The van der Waals surface area contributed by atoms with Crippen LogP contribution in [0.2, 0.25) is 5.02 Å². The van der Waals surface area contributed by atoms with Crippen LogP contribution in [0.15, 0.2) is 42.3 Å². The molecule has 1 atom stereocenters. The second-order valence-electron chi connectivity index (χ2n) is 6.84. The predicted octanol–water partition coefficient (Wildman–Crippen LogP) is 4.25. The number of carbonyl (C=O) groups is 1. The van der Waals surface area contributed by atoms with Crippen LogP contribution in [-0.4, -0.2) is 31.5 Å². The van der Waals surface area contributed by atoms with Gasteiger partial charge in [0.25, 0.3) is 0 Å². The van der Waals surface area contributed by atoms with Crippen molar-refractivity contribution < 1.29 is 14.4 Å². The number of aldehydes is 1. The molecule has 1 aliphatic rings. The van der Waals surface area contributed by atoms with Crippen LogP contribution in [0, 0.1) is 0 Å². The Labute approximate surface area is 175 Å². The van der Waals surface area contributed by atoms with Crippen LogP contribution in [0.5, 0.6) is 5.75 Å². The molecule has 1 aliphatic heterocycles. The summed E-state index contributed by atoms with van der Waals surface area (Å²) in [5, 5.41) is 0.599. The fourth-order valence-corrected chi connectivity index (χ4v) is 3.53. The zero-order valence-electron chi connectivity index (χ0n) is 16.9. The van der Waals surface area contributed by atoms with Crippen molar-refractivity contribution >= 4 is 35.2 Å². The Morgan fingerprint density at radius 2 is 2.17 bits per heavy atom. The van der Waals surface area contributed by atoms with Gasteiger partial charge in [-0.05, 0) is 49.8 Å². The summed E-state index contributed by atoms with van der Waals surface area (Å²) < 4.78 is 5.70. The van der Waals surface area contributed by atoms with Gasteiger partial charge in [-0.3, -0.25) is 9.78 Å². The lowest BCUT2D eigenvalue weighted by Crippen LogP contribution is -2.20. The molecule has 0 saturated carbocycles. The summed E-state index contributed by atoms with van der Waals surface area (Å²) in [5.74, 6) is 1.53. The highest BCUT2D eigenvalue weighted by molar-refractivity contribution is 6.30. The number of rotatable bonds is 7. The number of nitrogens with one attached hydrogen (secondary N) is 1. The molecule has 1 aromatic heterocycles. The number of nitrogens with zero attached hydrogens (tertiary/aromatic N) is 2. The molecule has 1 aromatic carbocycles. The molecule has 29 heavy (non-hydrogen) atoms. The van der Waals surface area contributed by atoms with Crippen LogP contribution >= 0.6 is 11.6 Å². The largest absolute Gasteiger partial charge is 0.496 e. The molecule has 1 unspecified atom stereocenters. The third kappa shape index (κ3) is 4.60. The smallest absolute Gasteiger partial charge is 0.142 e. The lowest BCUT2D eigenvalue weighted by Gasteiger charge is -2.24. The molecule has 0 spiro atoms. The number of hydrogen-bond acceptors (Lipinski definition) is 6. The maximum Gasteiger partial charge on any atom is 0.142 e. The summed E-state index contributed by atoms with van der Waals surface area (Å²) in [7, 11) is 3.62. The minimum Gasteiger partial charge on any atom is -0.496 e. The summed E-state index contributed by atoms with van der Waals surface area (Å²) >= 11 is 5.94. The van der Waals surface area contributed by atoms with Crippen molar-refractivity contribution in [2.45, 2.75) is 26.4 Å². The van der Waals surface area contributed by atoms with Gasteiger partial charge >= 0.3 is 0 Å². The standard InChI is InChI=1S/C22H24ClN3O3/c1-14-22(15(2)29-25-14)19-10-16(6-5-9-27)20(11-21(19)28-4)26(3)13-18-8-7-17(23)12-24-18/h5-12,14,25H,13H2,1-4H3/b6-5-. The van der Waals surface area contributed by atoms with Crippen molar-refractivity contribution in [3.05, 3.63) is 64.1 Å². The molecule has 0 fully saturated rings. The summed E-state index contributed by atoms with van der Waals surface area (Å²) in [6.45, 7) is 4.52. The zero-order chi connectivity index (χ0) is 21.0. The number of anilines is 1. The topological polar surface area (TPSA) is 63.7 Å². The number of pyridine rings is 1. The maximum absolute atomic E-state index is 11.0. The average Bonchev–Trinajstić information content (AvgIpc) is 3.05. The molecule has 1 N–H and O–H groups in total. The number of aromatic nitrogens is 1. The summed E-state index contributed by atoms with van der Waals surface area (Å²) in [6.07, 6.45) is 5.67. The Hall–Kier alpha value is -2.83. The Morgan fingerprint density at radius 3 is 2.76 bits per heavy atom. The van der Waals surface area contributed by atoms with Crippen molar-refractivity contribution in [3.63, 3.8) is 0 Å². The van der Waals surface area contributed by atoms with Gasteiger partial charge in [0.1, 0.15) is 17.8 Å². The van der Waals surface area contributed by atoms with Crippen LogP contribution < -0.4 is 15.1 Å². The van der Waals surface area contributed by atoms with E-state index in [0.29, 0.717) is 11.6 Å². The normalized spacial score (nSPS) is 16.2. The average molecular weight is 414 g/mol. The van der Waals surface area contributed by atoms with Crippen molar-refractivity contribution in [2.24, 2.45) is 0 Å². The lowest BCUT2D eigenvalue weighted by molar-refractivity contribution is -0.104. The molecule has 0 aliphatic carbocycles. The third-order valence-corrected chi connectivity index (χ3v) is 5.02. The van der Waals surface area contributed by atoms with Gasteiger partial charge in [0.05, 0.1) is 30.4 Å². The van der Waals surface area contributed by atoms with Crippen molar-refractivity contribution in [1.29, 1.82) is 0 Å². The summed E-state index contributed by atoms with van der Waals surface area (Å²) in [6, 6.07) is 7.72. The van der Waals surface area contributed by atoms with Gasteiger partial charge in [-0.25, -0.2) is 0 Å². The van der Waals surface area contributed by atoms with Crippen LogP contribution in [0.3, 0.4) is 0 Å². The van der Waals surface area contributed by atoms with E-state index in [1.54, 1.807) is 19.4 Å². The maximum atomic E-state index is 11.0. The van der Waals surface area contributed by atoms with Gasteiger partial charge in [0, 0.05) is 36.1 Å². The number of carbonyl (C=O) groups excluding carboxylic acids is 1. The first-order valence-corrected chi connectivity index (χ1v) is 9.61. The van der Waals surface area contributed by atoms with E-state index in [1.165, 1.54) is 6.08 Å². The highest BCUT2D eigenvalue weighted by Gasteiger charge is 2.26. The zero-order valence-corrected chi connectivity index (χ0v) is 17.7. The molecule has 2 aromatic rings. The number of allylic oxidation sites excluding steroid dienone is 2. The fraction of sp³-hybridized carbons (Fsp3) is 0.273. The van der Waals surface area contributed by atoms with Crippen LogP contribution in [-0.2, 0) is 16.2 Å². The fourth-order valence-electron chi connectivity index (χ4n) is 3.42. The van der Waals surface area contributed by atoms with Gasteiger partial charge in [0.2, 0.25) is 0 Å². The molecule has 7 heteroatoms. The molecule has 6 nitrogen and oxygen atoms in total. The van der Waals surface area contributed by atoms with E-state index in [4.69, 9.17) is 21.2 Å². The number of hydroxylamine groups is 1. The predicted molar refractivity (Wildman–Crippen MR) is 116 cm³/mol. The molecule has 0 amide bonds. The first kappa shape index (κ1) is 20.9. The molecular formula is C22H24ClN3O3. The molecule has 3 rings (SSSR count). The van der Waals surface area contributed by atoms with E-state index in [2.05, 4.69) is 15.4 Å². The molecule has 0 bridgehead atoms. The van der Waals surface area contributed by atoms with Gasteiger partial charge in [0.15, 0.2) is 0 Å². The van der Waals surface area contributed by atoms with Crippen LogP contribution in [0.4, 0.5) is 5.69 Å². The second kappa shape index (κ2) is 9.11. The van der Waals surface area contributed by atoms with Gasteiger partial charge in [-0.15, -0.1) is 5.48 Å². The molecule has 0 saturated heterocycles. The minimum atomic E-state index is 0.0219. The van der Waals surface area contributed by atoms with E-state index >= 15 is 0 Å². The molecule has 2 heterocycles. The number of methoxy groups -OCH3 is 1. The second-order valence-corrected chi connectivity index (χ2v) is 7.28.